The highest BCUT2D eigenvalue weighted by molar-refractivity contribution is 9.10. The van der Waals surface area contributed by atoms with E-state index in [1.165, 1.54) is 12.1 Å². The Morgan fingerprint density at radius 1 is 1.41 bits per heavy atom. The zero-order valence-corrected chi connectivity index (χ0v) is 12.2. The van der Waals surface area contributed by atoms with E-state index in [1.54, 1.807) is 6.92 Å². The van der Waals surface area contributed by atoms with Gasteiger partial charge in [0.15, 0.2) is 0 Å². The number of aliphatic hydroxyl groups excluding tert-OH is 1. The van der Waals surface area contributed by atoms with Crippen molar-refractivity contribution in [3.63, 3.8) is 0 Å². The molecule has 1 heterocycles. The Balaban J connectivity index is 2.26. The van der Waals surface area contributed by atoms with Gasteiger partial charge in [-0.15, -0.1) is 0 Å². The summed E-state index contributed by atoms with van der Waals surface area (Å²) in [7, 11) is 0. The number of nitrogens with zero attached hydrogens (tertiary/aromatic N) is 1. The quantitative estimate of drug-likeness (QED) is 0.899. The summed E-state index contributed by atoms with van der Waals surface area (Å²) in [5.41, 5.74) is 2.20. The van der Waals surface area contributed by atoms with E-state index in [-0.39, 0.29) is 0 Å². The van der Waals surface area contributed by atoms with E-state index in [0.29, 0.717) is 6.04 Å². The molecule has 1 aliphatic rings. The molecule has 0 aromatic heterocycles. The minimum atomic E-state index is -0.423. The molecule has 2 rings (SSSR count). The van der Waals surface area contributed by atoms with Crippen molar-refractivity contribution in [2.45, 2.75) is 39.3 Å². The molecule has 1 aliphatic heterocycles. The Labute approximate surface area is 112 Å². The first-order valence-electron chi connectivity index (χ1n) is 6.23. The van der Waals surface area contributed by atoms with Crippen LogP contribution in [0.15, 0.2) is 22.7 Å². The summed E-state index contributed by atoms with van der Waals surface area (Å²) in [5, 5.41) is 9.61. The highest BCUT2D eigenvalue weighted by atomic mass is 79.9. The molecular formula is C14H20BrNO. The average molecular weight is 298 g/mol. The first-order chi connectivity index (χ1) is 7.99. The number of benzene rings is 1. The summed E-state index contributed by atoms with van der Waals surface area (Å²) in [5.74, 6) is 0.764. The Morgan fingerprint density at radius 2 is 2.12 bits per heavy atom. The predicted molar refractivity (Wildman–Crippen MR) is 75.4 cm³/mol. The number of hydrogen-bond donors (Lipinski definition) is 1. The van der Waals surface area contributed by atoms with E-state index in [9.17, 15) is 5.11 Å². The monoisotopic (exact) mass is 297 g/mol. The maximum atomic E-state index is 9.61. The third kappa shape index (κ3) is 2.66. The molecule has 1 N–H and O–H groups in total. The molecule has 2 unspecified atom stereocenters. The number of anilines is 1. The van der Waals surface area contributed by atoms with Crippen molar-refractivity contribution in [1.82, 2.24) is 0 Å². The third-order valence-electron chi connectivity index (χ3n) is 3.55. The minimum Gasteiger partial charge on any atom is -0.389 e. The molecule has 2 nitrogen and oxygen atoms in total. The summed E-state index contributed by atoms with van der Waals surface area (Å²) < 4.78 is 0.997. The number of rotatable bonds is 2. The van der Waals surface area contributed by atoms with E-state index in [2.05, 4.69) is 46.8 Å². The lowest BCUT2D eigenvalue weighted by Gasteiger charge is -2.25. The molecule has 0 amide bonds. The summed E-state index contributed by atoms with van der Waals surface area (Å²) in [6.45, 7) is 7.50. The molecular weight excluding hydrogens is 278 g/mol. The summed E-state index contributed by atoms with van der Waals surface area (Å²) >= 11 is 3.54. The van der Waals surface area contributed by atoms with Gasteiger partial charge in [0.25, 0.3) is 0 Å². The molecule has 0 radical (unpaired) electrons. The summed E-state index contributed by atoms with van der Waals surface area (Å²) in [4.78, 5) is 2.45. The molecule has 94 valence electrons. The van der Waals surface area contributed by atoms with Gasteiger partial charge in [-0.1, -0.05) is 28.9 Å². The van der Waals surface area contributed by atoms with Gasteiger partial charge in [-0.25, -0.2) is 0 Å². The molecule has 0 spiro atoms. The lowest BCUT2D eigenvalue weighted by Crippen LogP contribution is -2.26. The second kappa shape index (κ2) is 4.99. The second-order valence-corrected chi connectivity index (χ2v) is 6.08. The Morgan fingerprint density at radius 3 is 2.59 bits per heavy atom. The van der Waals surface area contributed by atoms with Crippen molar-refractivity contribution in [3.05, 3.63) is 28.2 Å². The standard InChI is InChI=1S/C14H20BrNO/c1-9-6-10(2)16(8-9)12-4-5-13(11(3)17)14(15)7-12/h4-5,7,9-11,17H,6,8H2,1-3H3/t9?,10?,11-/m0/s1. The second-order valence-electron chi connectivity index (χ2n) is 5.22. The first kappa shape index (κ1) is 12.9. The van der Waals surface area contributed by atoms with Crippen LogP contribution in [0.4, 0.5) is 5.69 Å². The molecule has 0 aliphatic carbocycles. The fourth-order valence-electron chi connectivity index (χ4n) is 2.69. The van der Waals surface area contributed by atoms with Crippen LogP contribution in [0, 0.1) is 5.92 Å². The van der Waals surface area contributed by atoms with E-state index in [4.69, 9.17) is 0 Å². The molecule has 1 fully saturated rings. The smallest absolute Gasteiger partial charge is 0.0772 e. The first-order valence-corrected chi connectivity index (χ1v) is 7.02. The summed E-state index contributed by atoms with van der Waals surface area (Å²) in [6.07, 6.45) is 0.837. The van der Waals surface area contributed by atoms with Gasteiger partial charge in [0.05, 0.1) is 6.10 Å². The lowest BCUT2D eigenvalue weighted by atomic mass is 10.1. The highest BCUT2D eigenvalue weighted by Gasteiger charge is 2.26. The van der Waals surface area contributed by atoms with Crippen molar-refractivity contribution < 1.29 is 5.11 Å². The molecule has 1 aromatic rings. The number of hydrogen-bond acceptors (Lipinski definition) is 2. The molecule has 3 atom stereocenters. The fraction of sp³-hybridized carbons (Fsp3) is 0.571. The van der Waals surface area contributed by atoms with E-state index in [0.717, 1.165) is 22.5 Å². The van der Waals surface area contributed by atoms with Gasteiger partial charge in [0.2, 0.25) is 0 Å². The molecule has 1 saturated heterocycles. The average Bonchev–Trinajstić information content (AvgIpc) is 2.57. The normalized spacial score (nSPS) is 26.3. The van der Waals surface area contributed by atoms with Crippen LogP contribution >= 0.6 is 15.9 Å². The van der Waals surface area contributed by atoms with Crippen LogP contribution in [0.2, 0.25) is 0 Å². The third-order valence-corrected chi connectivity index (χ3v) is 4.24. The van der Waals surface area contributed by atoms with Gasteiger partial charge in [0, 0.05) is 22.7 Å². The minimum absolute atomic E-state index is 0.423. The van der Waals surface area contributed by atoms with Gasteiger partial charge in [-0.05, 0) is 43.9 Å². The van der Waals surface area contributed by atoms with E-state index in [1.807, 2.05) is 6.07 Å². The fourth-order valence-corrected chi connectivity index (χ4v) is 3.39. The maximum Gasteiger partial charge on any atom is 0.0772 e. The van der Waals surface area contributed by atoms with Crippen molar-refractivity contribution in [2.24, 2.45) is 5.92 Å². The molecule has 1 aromatic carbocycles. The predicted octanol–water partition coefficient (Wildman–Crippen LogP) is 3.74. The summed E-state index contributed by atoms with van der Waals surface area (Å²) in [6, 6.07) is 6.85. The van der Waals surface area contributed by atoms with Crippen molar-refractivity contribution in [1.29, 1.82) is 0 Å². The topological polar surface area (TPSA) is 23.5 Å². The zero-order valence-electron chi connectivity index (χ0n) is 10.7. The zero-order chi connectivity index (χ0) is 12.6. The molecule has 3 heteroatoms. The van der Waals surface area contributed by atoms with Gasteiger partial charge in [0.1, 0.15) is 0 Å². The van der Waals surface area contributed by atoms with Gasteiger partial charge in [-0.3, -0.25) is 0 Å². The van der Waals surface area contributed by atoms with Gasteiger partial charge < -0.3 is 10.0 Å². The van der Waals surface area contributed by atoms with Gasteiger partial charge >= 0.3 is 0 Å². The van der Waals surface area contributed by atoms with Gasteiger partial charge in [-0.2, -0.15) is 0 Å². The van der Waals surface area contributed by atoms with E-state index < -0.39 is 6.10 Å². The van der Waals surface area contributed by atoms with Crippen molar-refractivity contribution in [2.75, 3.05) is 11.4 Å². The van der Waals surface area contributed by atoms with Crippen LogP contribution in [0.3, 0.4) is 0 Å². The van der Waals surface area contributed by atoms with E-state index >= 15 is 0 Å². The van der Waals surface area contributed by atoms with Crippen molar-refractivity contribution >= 4 is 21.6 Å². The maximum absolute atomic E-state index is 9.61. The Hall–Kier alpha value is -0.540. The Kier molecular flexibility index (Phi) is 3.79. The largest absolute Gasteiger partial charge is 0.389 e. The Bertz CT molecular complexity index is 405. The number of aliphatic hydroxyl groups is 1. The molecule has 17 heavy (non-hydrogen) atoms. The van der Waals surface area contributed by atoms with Crippen molar-refractivity contribution in [3.8, 4) is 0 Å². The SMILES string of the molecule is CC1CC(C)N(c2ccc([C@H](C)O)c(Br)c2)C1. The number of halogens is 1. The molecule has 0 saturated carbocycles. The van der Waals surface area contributed by atoms with Crippen LogP contribution in [0.1, 0.15) is 38.9 Å². The van der Waals surface area contributed by atoms with Crippen LogP contribution in [-0.4, -0.2) is 17.7 Å². The lowest BCUT2D eigenvalue weighted by molar-refractivity contribution is 0.198. The van der Waals surface area contributed by atoms with Crippen LogP contribution in [-0.2, 0) is 0 Å². The highest BCUT2D eigenvalue weighted by Crippen LogP contribution is 2.33. The van der Waals surface area contributed by atoms with Crippen LogP contribution in [0.5, 0.6) is 0 Å². The molecule has 0 bridgehead atoms. The van der Waals surface area contributed by atoms with Crippen LogP contribution < -0.4 is 4.90 Å². The van der Waals surface area contributed by atoms with Crippen LogP contribution in [0.25, 0.3) is 0 Å².